The van der Waals surface area contributed by atoms with Gasteiger partial charge in [0.15, 0.2) is 5.96 Å². The van der Waals surface area contributed by atoms with E-state index in [1.807, 2.05) is 0 Å². The minimum atomic E-state index is -4.06. The Morgan fingerprint density at radius 3 is 2.67 bits per heavy atom. The SMILES string of the molecule is FC(F)(F)[C@@H]1CCCC[C@@H]1CNC1=NCCCN1. The monoisotopic (exact) mass is 263 g/mol. The van der Waals surface area contributed by atoms with Gasteiger partial charge in [-0.3, -0.25) is 4.99 Å². The van der Waals surface area contributed by atoms with E-state index in [0.717, 1.165) is 25.9 Å². The van der Waals surface area contributed by atoms with Crippen LogP contribution in [-0.2, 0) is 0 Å². The van der Waals surface area contributed by atoms with Gasteiger partial charge in [-0.1, -0.05) is 12.8 Å². The van der Waals surface area contributed by atoms with Gasteiger partial charge in [0.25, 0.3) is 0 Å². The molecule has 0 bridgehead atoms. The van der Waals surface area contributed by atoms with Crippen LogP contribution >= 0.6 is 0 Å². The Bertz CT molecular complexity index is 301. The van der Waals surface area contributed by atoms with E-state index in [0.29, 0.717) is 25.3 Å². The second kappa shape index (κ2) is 5.80. The van der Waals surface area contributed by atoms with E-state index in [4.69, 9.17) is 0 Å². The van der Waals surface area contributed by atoms with Crippen molar-refractivity contribution in [3.63, 3.8) is 0 Å². The number of nitrogens with one attached hydrogen (secondary N) is 2. The summed E-state index contributed by atoms with van der Waals surface area (Å²) in [6, 6.07) is 0. The largest absolute Gasteiger partial charge is 0.392 e. The lowest BCUT2D eigenvalue weighted by Gasteiger charge is -2.33. The molecule has 18 heavy (non-hydrogen) atoms. The normalized spacial score (nSPS) is 29.4. The van der Waals surface area contributed by atoms with Crippen LogP contribution in [0, 0.1) is 11.8 Å². The predicted octanol–water partition coefficient (Wildman–Crippen LogP) is 2.29. The Hall–Kier alpha value is -0.940. The van der Waals surface area contributed by atoms with Crippen LogP contribution < -0.4 is 10.6 Å². The summed E-state index contributed by atoms with van der Waals surface area (Å²) in [5.41, 5.74) is 0. The molecule has 1 fully saturated rings. The van der Waals surface area contributed by atoms with E-state index >= 15 is 0 Å². The Morgan fingerprint density at radius 1 is 1.22 bits per heavy atom. The molecule has 2 rings (SSSR count). The second-order valence-corrected chi connectivity index (χ2v) is 5.08. The lowest BCUT2D eigenvalue weighted by atomic mass is 9.79. The minimum Gasteiger partial charge on any atom is -0.356 e. The van der Waals surface area contributed by atoms with Crippen LogP contribution in [-0.4, -0.2) is 31.8 Å². The number of hydrogen-bond acceptors (Lipinski definition) is 3. The van der Waals surface area contributed by atoms with Crippen LogP contribution in [0.3, 0.4) is 0 Å². The molecular formula is C12H20F3N3. The van der Waals surface area contributed by atoms with Crippen LogP contribution in [0.5, 0.6) is 0 Å². The molecular weight excluding hydrogens is 243 g/mol. The summed E-state index contributed by atoms with van der Waals surface area (Å²) < 4.78 is 38.6. The number of hydrogen-bond donors (Lipinski definition) is 2. The first-order valence-corrected chi connectivity index (χ1v) is 6.66. The molecule has 2 aliphatic rings. The molecule has 0 unspecified atom stereocenters. The van der Waals surface area contributed by atoms with Gasteiger partial charge in [0.2, 0.25) is 0 Å². The van der Waals surface area contributed by atoms with E-state index in [-0.39, 0.29) is 12.3 Å². The molecule has 1 heterocycles. The summed E-state index contributed by atoms with van der Waals surface area (Å²) in [5, 5.41) is 6.10. The number of aliphatic imine (C=N–C) groups is 1. The molecule has 0 aromatic carbocycles. The highest BCUT2D eigenvalue weighted by atomic mass is 19.4. The van der Waals surface area contributed by atoms with Crippen LogP contribution in [0.1, 0.15) is 32.1 Å². The lowest BCUT2D eigenvalue weighted by Crippen LogP contribution is -2.45. The predicted molar refractivity (Wildman–Crippen MR) is 64.4 cm³/mol. The number of rotatable bonds is 2. The number of halogens is 3. The van der Waals surface area contributed by atoms with Gasteiger partial charge in [-0.15, -0.1) is 0 Å². The topological polar surface area (TPSA) is 36.4 Å². The molecule has 104 valence electrons. The molecule has 3 nitrogen and oxygen atoms in total. The smallest absolute Gasteiger partial charge is 0.356 e. The zero-order valence-electron chi connectivity index (χ0n) is 10.4. The zero-order valence-corrected chi connectivity index (χ0v) is 10.4. The molecule has 0 amide bonds. The van der Waals surface area contributed by atoms with E-state index < -0.39 is 12.1 Å². The van der Waals surface area contributed by atoms with Gasteiger partial charge < -0.3 is 10.6 Å². The highest BCUT2D eigenvalue weighted by molar-refractivity contribution is 5.80. The summed E-state index contributed by atoms with van der Waals surface area (Å²) in [6.07, 6.45) is -0.548. The number of nitrogens with zero attached hydrogens (tertiary/aromatic N) is 1. The molecule has 0 radical (unpaired) electrons. The first kappa shape index (κ1) is 13.5. The van der Waals surface area contributed by atoms with Crippen molar-refractivity contribution < 1.29 is 13.2 Å². The molecule has 0 aromatic rings. The first-order chi connectivity index (χ1) is 8.57. The maximum absolute atomic E-state index is 12.9. The van der Waals surface area contributed by atoms with Gasteiger partial charge in [-0.05, 0) is 25.2 Å². The van der Waals surface area contributed by atoms with Gasteiger partial charge in [0.1, 0.15) is 0 Å². The molecule has 0 aromatic heterocycles. The van der Waals surface area contributed by atoms with Gasteiger partial charge in [0, 0.05) is 19.6 Å². The molecule has 1 saturated carbocycles. The standard InChI is InChI=1S/C12H20F3N3/c13-12(14,15)10-5-2-1-4-9(10)8-18-11-16-6-3-7-17-11/h9-10H,1-8H2,(H2,16,17,18)/t9-,10-/m1/s1. The average Bonchev–Trinajstić information content (AvgIpc) is 2.37. The van der Waals surface area contributed by atoms with Crippen molar-refractivity contribution in [3.8, 4) is 0 Å². The van der Waals surface area contributed by atoms with Crippen molar-refractivity contribution in [3.05, 3.63) is 0 Å². The Morgan fingerprint density at radius 2 is 2.00 bits per heavy atom. The van der Waals surface area contributed by atoms with Crippen molar-refractivity contribution in [1.82, 2.24) is 10.6 Å². The number of guanidine groups is 1. The summed E-state index contributed by atoms with van der Waals surface area (Å²) in [7, 11) is 0. The van der Waals surface area contributed by atoms with Gasteiger partial charge >= 0.3 is 6.18 Å². The average molecular weight is 263 g/mol. The highest BCUT2D eigenvalue weighted by Gasteiger charge is 2.45. The molecule has 0 saturated heterocycles. The maximum Gasteiger partial charge on any atom is 0.392 e. The van der Waals surface area contributed by atoms with Crippen LogP contribution in [0.4, 0.5) is 13.2 Å². The molecule has 1 aliphatic carbocycles. The van der Waals surface area contributed by atoms with Crippen molar-refractivity contribution in [2.24, 2.45) is 16.8 Å². The van der Waals surface area contributed by atoms with Crippen molar-refractivity contribution >= 4 is 5.96 Å². The summed E-state index contributed by atoms with van der Waals surface area (Å²) in [6.45, 7) is 1.97. The van der Waals surface area contributed by atoms with E-state index in [1.165, 1.54) is 0 Å². The molecule has 6 heteroatoms. The quantitative estimate of drug-likeness (QED) is 0.802. The Kier molecular flexibility index (Phi) is 4.35. The first-order valence-electron chi connectivity index (χ1n) is 6.66. The highest BCUT2D eigenvalue weighted by Crippen LogP contribution is 2.41. The van der Waals surface area contributed by atoms with Crippen LogP contribution in [0.25, 0.3) is 0 Å². The lowest BCUT2D eigenvalue weighted by molar-refractivity contribution is -0.195. The summed E-state index contributed by atoms with van der Waals surface area (Å²) >= 11 is 0. The third-order valence-corrected chi connectivity index (χ3v) is 3.76. The summed E-state index contributed by atoms with van der Waals surface area (Å²) in [4.78, 5) is 4.21. The second-order valence-electron chi connectivity index (χ2n) is 5.08. The van der Waals surface area contributed by atoms with Gasteiger partial charge in [-0.2, -0.15) is 13.2 Å². The molecule has 2 atom stereocenters. The van der Waals surface area contributed by atoms with Crippen molar-refractivity contribution in [1.29, 1.82) is 0 Å². The van der Waals surface area contributed by atoms with E-state index in [1.54, 1.807) is 0 Å². The van der Waals surface area contributed by atoms with Crippen molar-refractivity contribution in [2.45, 2.75) is 38.3 Å². The Labute approximate surface area is 105 Å². The maximum atomic E-state index is 12.9. The van der Waals surface area contributed by atoms with Crippen LogP contribution in [0.2, 0.25) is 0 Å². The van der Waals surface area contributed by atoms with Crippen molar-refractivity contribution in [2.75, 3.05) is 19.6 Å². The fraction of sp³-hybridized carbons (Fsp3) is 0.917. The molecule has 1 aliphatic heterocycles. The van der Waals surface area contributed by atoms with Gasteiger partial charge in [0.05, 0.1) is 5.92 Å². The third-order valence-electron chi connectivity index (χ3n) is 3.76. The fourth-order valence-corrected chi connectivity index (χ4v) is 2.76. The molecule has 2 N–H and O–H groups in total. The summed E-state index contributed by atoms with van der Waals surface area (Å²) in [5.74, 6) is -0.805. The zero-order chi connectivity index (χ0) is 13.0. The molecule has 0 spiro atoms. The van der Waals surface area contributed by atoms with E-state index in [9.17, 15) is 13.2 Å². The number of alkyl halides is 3. The Balaban J connectivity index is 1.87. The minimum absolute atomic E-state index is 0.274. The van der Waals surface area contributed by atoms with Crippen LogP contribution in [0.15, 0.2) is 4.99 Å². The van der Waals surface area contributed by atoms with Gasteiger partial charge in [-0.25, -0.2) is 0 Å². The third kappa shape index (κ3) is 3.53. The van der Waals surface area contributed by atoms with E-state index in [2.05, 4.69) is 15.6 Å². The fourth-order valence-electron chi connectivity index (χ4n) is 2.76.